The highest BCUT2D eigenvalue weighted by molar-refractivity contribution is 9.10. The van der Waals surface area contributed by atoms with Crippen LogP contribution in [0.15, 0.2) is 16.6 Å². The van der Waals surface area contributed by atoms with Gasteiger partial charge in [0.05, 0.1) is 23.7 Å². The Morgan fingerprint density at radius 1 is 1.69 bits per heavy atom. The first kappa shape index (κ1) is 10.1. The molecule has 1 rings (SSSR count). The zero-order chi connectivity index (χ0) is 9.84. The van der Waals surface area contributed by atoms with E-state index in [9.17, 15) is 9.18 Å². The molecule has 0 fully saturated rings. The van der Waals surface area contributed by atoms with Gasteiger partial charge in [-0.25, -0.2) is 4.98 Å². The van der Waals surface area contributed by atoms with Crippen LogP contribution >= 0.6 is 15.9 Å². The third-order valence-electron chi connectivity index (χ3n) is 1.41. The molecule has 13 heavy (non-hydrogen) atoms. The second kappa shape index (κ2) is 4.32. The number of aromatic nitrogens is 1. The highest BCUT2D eigenvalue weighted by Crippen LogP contribution is 2.13. The first-order valence-electron chi connectivity index (χ1n) is 3.51. The molecular formula is C8H7BrFNO2. The number of hydrogen-bond acceptors (Lipinski definition) is 3. The molecule has 5 heteroatoms. The van der Waals surface area contributed by atoms with Crippen LogP contribution in [0.3, 0.4) is 0 Å². The predicted octanol–water partition coefficient (Wildman–Crippen LogP) is 1.70. The van der Waals surface area contributed by atoms with Crippen molar-refractivity contribution in [3.63, 3.8) is 0 Å². The van der Waals surface area contributed by atoms with Crippen molar-refractivity contribution in [3.05, 3.63) is 28.2 Å². The summed E-state index contributed by atoms with van der Waals surface area (Å²) in [4.78, 5) is 14.3. The molecule has 1 aromatic rings. The number of carbonyl (C=O) groups is 1. The van der Waals surface area contributed by atoms with E-state index >= 15 is 0 Å². The molecule has 0 saturated carbocycles. The highest BCUT2D eigenvalue weighted by Gasteiger charge is 2.06. The molecule has 0 bridgehead atoms. The summed E-state index contributed by atoms with van der Waals surface area (Å²) in [5, 5.41) is 0. The Morgan fingerprint density at radius 2 is 2.38 bits per heavy atom. The fourth-order valence-electron chi connectivity index (χ4n) is 0.773. The summed E-state index contributed by atoms with van der Waals surface area (Å²) in [5.74, 6) is -1.06. The topological polar surface area (TPSA) is 39.2 Å². The van der Waals surface area contributed by atoms with Gasteiger partial charge in [-0.15, -0.1) is 0 Å². The fraction of sp³-hybridized carbons (Fsp3) is 0.250. The lowest BCUT2D eigenvalue weighted by Gasteiger charge is -1.99. The molecule has 0 atom stereocenters. The Morgan fingerprint density at radius 3 is 2.92 bits per heavy atom. The van der Waals surface area contributed by atoms with Crippen molar-refractivity contribution in [2.45, 2.75) is 6.42 Å². The van der Waals surface area contributed by atoms with Crippen molar-refractivity contribution in [2.24, 2.45) is 0 Å². The van der Waals surface area contributed by atoms with Gasteiger partial charge >= 0.3 is 5.97 Å². The van der Waals surface area contributed by atoms with Gasteiger partial charge in [0.25, 0.3) is 0 Å². The summed E-state index contributed by atoms with van der Waals surface area (Å²) in [7, 11) is 1.28. The third kappa shape index (κ3) is 2.77. The summed E-state index contributed by atoms with van der Waals surface area (Å²) in [6.45, 7) is 0. The number of halogens is 2. The number of rotatable bonds is 2. The Hall–Kier alpha value is -0.970. The van der Waals surface area contributed by atoms with Crippen molar-refractivity contribution < 1.29 is 13.9 Å². The molecule has 3 nitrogen and oxygen atoms in total. The van der Waals surface area contributed by atoms with Crippen molar-refractivity contribution >= 4 is 21.9 Å². The van der Waals surface area contributed by atoms with E-state index in [0.717, 1.165) is 0 Å². The van der Waals surface area contributed by atoms with E-state index < -0.39 is 11.9 Å². The molecule has 0 aromatic carbocycles. The lowest BCUT2D eigenvalue weighted by molar-refractivity contribution is -0.139. The Balaban J connectivity index is 2.79. The van der Waals surface area contributed by atoms with E-state index in [1.54, 1.807) is 6.07 Å². The lowest BCUT2D eigenvalue weighted by atomic mass is 10.3. The van der Waals surface area contributed by atoms with Crippen LogP contribution in [0, 0.1) is 5.95 Å². The Labute approximate surface area is 83.1 Å². The number of hydrogen-bond donors (Lipinski definition) is 0. The molecule has 0 unspecified atom stereocenters. The second-order valence-corrected chi connectivity index (χ2v) is 3.18. The van der Waals surface area contributed by atoms with Crippen molar-refractivity contribution in [3.8, 4) is 0 Å². The molecule has 1 heterocycles. The van der Waals surface area contributed by atoms with E-state index in [1.165, 1.54) is 13.2 Å². The summed E-state index contributed by atoms with van der Waals surface area (Å²) in [6, 6.07) is 3.06. The van der Waals surface area contributed by atoms with Gasteiger partial charge in [-0.2, -0.15) is 4.39 Å². The maximum Gasteiger partial charge on any atom is 0.311 e. The predicted molar refractivity (Wildman–Crippen MR) is 47.6 cm³/mol. The van der Waals surface area contributed by atoms with E-state index in [4.69, 9.17) is 0 Å². The number of carbonyl (C=O) groups excluding carboxylic acids is 1. The highest BCUT2D eigenvalue weighted by atomic mass is 79.9. The smallest absolute Gasteiger partial charge is 0.311 e. The van der Waals surface area contributed by atoms with E-state index in [1.807, 2.05) is 0 Å². The van der Waals surface area contributed by atoms with Gasteiger partial charge in [-0.05, 0) is 28.1 Å². The average Bonchev–Trinajstić information content (AvgIpc) is 2.11. The summed E-state index contributed by atoms with van der Waals surface area (Å²) in [6.07, 6.45) is -0.0132. The molecule has 0 spiro atoms. The van der Waals surface area contributed by atoms with Gasteiger partial charge in [0.1, 0.15) is 0 Å². The number of pyridine rings is 1. The minimum atomic E-state index is -0.624. The minimum absolute atomic E-state index is 0.0132. The van der Waals surface area contributed by atoms with Crippen LogP contribution < -0.4 is 0 Å². The average molecular weight is 248 g/mol. The summed E-state index contributed by atoms with van der Waals surface area (Å²) in [5.41, 5.74) is 0.354. The van der Waals surface area contributed by atoms with Gasteiger partial charge in [0, 0.05) is 0 Å². The molecule has 0 N–H and O–H groups in total. The van der Waals surface area contributed by atoms with Crippen LogP contribution in [0.5, 0.6) is 0 Å². The number of nitrogens with zero attached hydrogens (tertiary/aromatic N) is 1. The van der Waals surface area contributed by atoms with E-state index in [2.05, 4.69) is 25.7 Å². The molecule has 0 radical (unpaired) electrons. The normalized spacial score (nSPS) is 9.77. The number of methoxy groups -OCH3 is 1. The maximum absolute atomic E-state index is 12.8. The summed E-state index contributed by atoms with van der Waals surface area (Å²) < 4.78 is 17.5. The van der Waals surface area contributed by atoms with Crippen LogP contribution in [0.1, 0.15) is 5.69 Å². The van der Waals surface area contributed by atoms with Crippen LogP contribution in [0.2, 0.25) is 0 Å². The van der Waals surface area contributed by atoms with Crippen LogP contribution in [-0.4, -0.2) is 18.1 Å². The zero-order valence-electron chi connectivity index (χ0n) is 6.88. The monoisotopic (exact) mass is 247 g/mol. The van der Waals surface area contributed by atoms with E-state index in [-0.39, 0.29) is 10.9 Å². The third-order valence-corrected chi connectivity index (χ3v) is 2.01. The first-order valence-corrected chi connectivity index (χ1v) is 4.30. The SMILES string of the molecule is COC(=O)Cc1ccc(Br)c(F)n1. The molecule has 1 aromatic heterocycles. The van der Waals surface area contributed by atoms with Crippen molar-refractivity contribution in [1.82, 2.24) is 4.98 Å². The van der Waals surface area contributed by atoms with Crippen LogP contribution in [-0.2, 0) is 16.0 Å². The molecular weight excluding hydrogens is 241 g/mol. The van der Waals surface area contributed by atoms with Gasteiger partial charge in [-0.3, -0.25) is 4.79 Å². The van der Waals surface area contributed by atoms with Gasteiger partial charge in [0.15, 0.2) is 0 Å². The van der Waals surface area contributed by atoms with Crippen LogP contribution in [0.4, 0.5) is 4.39 Å². The fourth-order valence-corrected chi connectivity index (χ4v) is 0.994. The molecule has 0 aliphatic rings. The Bertz CT molecular complexity index is 330. The Kier molecular flexibility index (Phi) is 3.36. The molecule has 0 amide bonds. The van der Waals surface area contributed by atoms with Crippen molar-refractivity contribution in [1.29, 1.82) is 0 Å². The molecule has 70 valence electrons. The molecule has 0 saturated heterocycles. The standard InChI is InChI=1S/C8H7BrFNO2/c1-13-7(12)4-5-2-3-6(9)8(10)11-5/h2-3H,4H2,1H3. The largest absolute Gasteiger partial charge is 0.469 e. The van der Waals surface area contributed by atoms with Crippen molar-refractivity contribution in [2.75, 3.05) is 7.11 Å². The van der Waals surface area contributed by atoms with Gasteiger partial charge < -0.3 is 4.74 Å². The van der Waals surface area contributed by atoms with Gasteiger partial charge in [-0.1, -0.05) is 0 Å². The minimum Gasteiger partial charge on any atom is -0.469 e. The number of esters is 1. The first-order chi connectivity index (χ1) is 6.13. The zero-order valence-corrected chi connectivity index (χ0v) is 8.47. The summed E-state index contributed by atoms with van der Waals surface area (Å²) >= 11 is 2.96. The van der Waals surface area contributed by atoms with Crippen LogP contribution in [0.25, 0.3) is 0 Å². The number of ether oxygens (including phenoxy) is 1. The molecule has 0 aliphatic heterocycles. The van der Waals surface area contributed by atoms with E-state index in [0.29, 0.717) is 5.69 Å². The second-order valence-electron chi connectivity index (χ2n) is 2.33. The van der Waals surface area contributed by atoms with Gasteiger partial charge in [0.2, 0.25) is 5.95 Å². The molecule has 0 aliphatic carbocycles. The maximum atomic E-state index is 12.8. The quantitative estimate of drug-likeness (QED) is 0.590. The lowest BCUT2D eigenvalue weighted by Crippen LogP contribution is -2.06.